The molecule has 0 atom stereocenters. The van der Waals surface area contributed by atoms with Crippen LogP contribution in [0.4, 0.5) is 0 Å². The summed E-state index contributed by atoms with van der Waals surface area (Å²) in [5.74, 6) is 2.09. The van der Waals surface area contributed by atoms with Crippen LogP contribution >= 0.6 is 11.8 Å². The molecule has 12 heavy (non-hydrogen) atoms. The molecule has 1 aromatic carbocycles. The molecule has 0 amide bonds. The van der Waals surface area contributed by atoms with Crippen LogP contribution in [-0.4, -0.2) is 6.26 Å². The fourth-order valence-electron chi connectivity index (χ4n) is 1.22. The summed E-state index contributed by atoms with van der Waals surface area (Å²) in [6, 6.07) is 8.05. The highest BCUT2D eigenvalue weighted by Crippen LogP contribution is 2.24. The molecule has 2 heteroatoms. The Bertz CT molecular complexity index is 378. The molecule has 0 aliphatic rings. The minimum atomic E-state index is 0.956. The van der Waals surface area contributed by atoms with E-state index in [9.17, 15) is 0 Å². The maximum atomic E-state index is 5.36. The standard InChI is InChI=1S/C10H9OS/c1-12-7-8-6-11-10-5-3-2-4-9(8)10/h2-7H,1H3. The summed E-state index contributed by atoms with van der Waals surface area (Å²) < 4.78 is 5.36. The third kappa shape index (κ3) is 1.23. The molecule has 0 aliphatic heterocycles. The van der Waals surface area contributed by atoms with E-state index >= 15 is 0 Å². The van der Waals surface area contributed by atoms with Gasteiger partial charge in [-0.1, -0.05) is 18.2 Å². The molecule has 0 spiro atoms. The van der Waals surface area contributed by atoms with Crippen LogP contribution in [0.2, 0.25) is 0 Å². The zero-order valence-corrected chi connectivity index (χ0v) is 7.60. The van der Waals surface area contributed by atoms with Crippen molar-refractivity contribution in [2.24, 2.45) is 0 Å². The second-order valence-electron chi connectivity index (χ2n) is 2.54. The largest absolute Gasteiger partial charge is 0.464 e. The summed E-state index contributed by atoms with van der Waals surface area (Å²) in [6.07, 6.45) is 3.84. The number of thioether (sulfide) groups is 1. The molecule has 2 rings (SSSR count). The Morgan fingerprint density at radius 3 is 3.00 bits per heavy atom. The molecule has 0 saturated heterocycles. The maximum Gasteiger partial charge on any atom is 0.134 e. The lowest BCUT2D eigenvalue weighted by atomic mass is 10.2. The highest BCUT2D eigenvalue weighted by Gasteiger charge is 2.02. The quantitative estimate of drug-likeness (QED) is 0.698. The number of benzene rings is 1. The van der Waals surface area contributed by atoms with Gasteiger partial charge < -0.3 is 4.42 Å². The van der Waals surface area contributed by atoms with E-state index in [0.717, 1.165) is 11.1 Å². The van der Waals surface area contributed by atoms with Crippen molar-refractivity contribution in [3.8, 4) is 0 Å². The van der Waals surface area contributed by atoms with Gasteiger partial charge in [0.25, 0.3) is 0 Å². The Hall–Kier alpha value is -0.890. The zero-order chi connectivity index (χ0) is 8.39. The van der Waals surface area contributed by atoms with Crippen molar-refractivity contribution in [1.82, 2.24) is 0 Å². The molecule has 0 saturated carbocycles. The number of hydrogen-bond donors (Lipinski definition) is 0. The number of para-hydroxylation sites is 1. The summed E-state index contributed by atoms with van der Waals surface area (Å²) in [4.78, 5) is 0. The number of furan rings is 1. The minimum Gasteiger partial charge on any atom is -0.464 e. The smallest absolute Gasteiger partial charge is 0.134 e. The van der Waals surface area contributed by atoms with Gasteiger partial charge in [0.2, 0.25) is 0 Å². The van der Waals surface area contributed by atoms with E-state index in [1.165, 1.54) is 5.39 Å². The van der Waals surface area contributed by atoms with Crippen LogP contribution in [0.25, 0.3) is 11.0 Å². The second-order valence-corrected chi connectivity index (χ2v) is 3.25. The lowest BCUT2D eigenvalue weighted by Gasteiger charge is -1.91. The Balaban J connectivity index is 2.55. The average molecular weight is 177 g/mol. The van der Waals surface area contributed by atoms with Crippen molar-refractivity contribution in [2.45, 2.75) is 0 Å². The molecule has 0 N–H and O–H groups in total. The van der Waals surface area contributed by atoms with Gasteiger partial charge in [-0.2, -0.15) is 11.8 Å². The third-order valence-corrected chi connectivity index (χ3v) is 2.25. The lowest BCUT2D eigenvalue weighted by Crippen LogP contribution is -1.71. The van der Waals surface area contributed by atoms with E-state index in [1.807, 2.05) is 24.5 Å². The molecule has 1 nitrogen and oxygen atoms in total. The van der Waals surface area contributed by atoms with E-state index < -0.39 is 0 Å². The van der Waals surface area contributed by atoms with Gasteiger partial charge in [-0.15, -0.1) is 0 Å². The Morgan fingerprint density at radius 1 is 1.33 bits per heavy atom. The summed E-state index contributed by atoms with van der Waals surface area (Å²) >= 11 is 1.69. The van der Waals surface area contributed by atoms with Gasteiger partial charge in [-0.3, -0.25) is 0 Å². The average Bonchev–Trinajstić information content (AvgIpc) is 2.50. The highest BCUT2D eigenvalue weighted by atomic mass is 32.2. The van der Waals surface area contributed by atoms with Crippen molar-refractivity contribution < 1.29 is 4.42 Å². The predicted molar refractivity (Wildman–Crippen MR) is 53.1 cm³/mol. The van der Waals surface area contributed by atoms with Crippen molar-refractivity contribution in [1.29, 1.82) is 0 Å². The molecule has 0 fully saturated rings. The molecule has 0 unspecified atom stereocenters. The Labute approximate surface area is 75.8 Å². The molecule has 2 aromatic rings. The molecule has 61 valence electrons. The van der Waals surface area contributed by atoms with Gasteiger partial charge in [0.15, 0.2) is 0 Å². The fourth-order valence-corrected chi connectivity index (χ4v) is 1.65. The van der Waals surface area contributed by atoms with Crippen LogP contribution < -0.4 is 0 Å². The van der Waals surface area contributed by atoms with Crippen molar-refractivity contribution in [2.75, 3.05) is 6.26 Å². The molecule has 1 radical (unpaired) electrons. The van der Waals surface area contributed by atoms with Crippen LogP contribution in [-0.2, 0) is 0 Å². The Morgan fingerprint density at radius 2 is 2.17 bits per heavy atom. The van der Waals surface area contributed by atoms with Crippen LogP contribution in [0, 0.1) is 5.75 Å². The van der Waals surface area contributed by atoms with Crippen molar-refractivity contribution >= 4 is 22.7 Å². The monoisotopic (exact) mass is 177 g/mol. The molecule has 0 bridgehead atoms. The number of fused-ring (bicyclic) bond motifs is 1. The summed E-state index contributed by atoms with van der Waals surface area (Å²) in [5.41, 5.74) is 2.12. The van der Waals surface area contributed by atoms with Crippen molar-refractivity contribution in [3.63, 3.8) is 0 Å². The lowest BCUT2D eigenvalue weighted by molar-refractivity contribution is 0.614. The van der Waals surface area contributed by atoms with Crippen LogP contribution in [0.3, 0.4) is 0 Å². The van der Waals surface area contributed by atoms with Gasteiger partial charge in [0.05, 0.1) is 6.26 Å². The molecule has 1 heterocycles. The van der Waals surface area contributed by atoms with Gasteiger partial charge in [-0.25, -0.2) is 0 Å². The van der Waals surface area contributed by atoms with E-state index in [1.54, 1.807) is 18.0 Å². The van der Waals surface area contributed by atoms with E-state index in [0.29, 0.717) is 0 Å². The number of hydrogen-bond acceptors (Lipinski definition) is 2. The minimum absolute atomic E-state index is 0.956. The normalized spacial score (nSPS) is 10.8. The van der Waals surface area contributed by atoms with Crippen LogP contribution in [0.1, 0.15) is 5.56 Å². The molecule has 1 aromatic heterocycles. The highest BCUT2D eigenvalue weighted by molar-refractivity contribution is 8.00. The van der Waals surface area contributed by atoms with E-state index in [2.05, 4.69) is 11.8 Å². The third-order valence-electron chi connectivity index (χ3n) is 1.76. The van der Waals surface area contributed by atoms with E-state index in [4.69, 9.17) is 4.42 Å². The van der Waals surface area contributed by atoms with Gasteiger partial charge in [-0.05, 0) is 12.3 Å². The molecule has 0 aliphatic carbocycles. The Kier molecular flexibility index (Phi) is 2.09. The van der Waals surface area contributed by atoms with Gasteiger partial charge in [0, 0.05) is 16.7 Å². The first kappa shape index (κ1) is 7.74. The topological polar surface area (TPSA) is 13.1 Å². The molecular weight excluding hydrogens is 168 g/mol. The van der Waals surface area contributed by atoms with E-state index in [-0.39, 0.29) is 0 Å². The van der Waals surface area contributed by atoms with Crippen LogP contribution in [0.15, 0.2) is 34.9 Å². The zero-order valence-electron chi connectivity index (χ0n) is 6.78. The summed E-state index contributed by atoms with van der Waals surface area (Å²) in [7, 11) is 0. The van der Waals surface area contributed by atoms with Crippen LogP contribution in [0.5, 0.6) is 0 Å². The van der Waals surface area contributed by atoms with Crippen molar-refractivity contribution in [3.05, 3.63) is 41.8 Å². The summed E-state index contributed by atoms with van der Waals surface area (Å²) in [6.45, 7) is 0. The fraction of sp³-hybridized carbons (Fsp3) is 0.100. The number of rotatable bonds is 2. The maximum absolute atomic E-state index is 5.36. The summed E-state index contributed by atoms with van der Waals surface area (Å²) in [5, 5.41) is 1.19. The molecular formula is C10H9OS. The predicted octanol–water partition coefficient (Wildman–Crippen LogP) is 3.31. The first-order valence-electron chi connectivity index (χ1n) is 3.74. The SMILES string of the molecule is CS[CH]c1coc2ccccc12. The first-order valence-corrected chi connectivity index (χ1v) is 5.03. The van der Waals surface area contributed by atoms with Gasteiger partial charge >= 0.3 is 0 Å². The first-order chi connectivity index (χ1) is 5.92. The second kappa shape index (κ2) is 3.23. The van der Waals surface area contributed by atoms with Gasteiger partial charge in [0.1, 0.15) is 5.58 Å².